The zero-order valence-corrected chi connectivity index (χ0v) is 10.5. The van der Waals surface area contributed by atoms with Crippen molar-refractivity contribution in [3.05, 3.63) is 26.9 Å². The van der Waals surface area contributed by atoms with Gasteiger partial charge < -0.3 is 10.4 Å². The summed E-state index contributed by atoms with van der Waals surface area (Å²) < 4.78 is 1.71. The number of hydrogen-bond acceptors (Lipinski definition) is 3. The van der Waals surface area contributed by atoms with Gasteiger partial charge in [0, 0.05) is 45.9 Å². The fourth-order valence-corrected chi connectivity index (χ4v) is 2.87. The standard InChI is InChI=1S/C9H10Br2N2O/c10-6-3-13-4-7(11)8(6)9(14)5-1-12-2-5/h3-5,9,12,14H,1-2H2. The Hall–Kier alpha value is 0.0300. The lowest BCUT2D eigenvalue weighted by atomic mass is 9.92. The first-order chi connectivity index (χ1) is 6.70. The number of pyridine rings is 1. The van der Waals surface area contributed by atoms with E-state index in [0.717, 1.165) is 27.6 Å². The molecule has 2 rings (SSSR count). The molecule has 1 unspecified atom stereocenters. The lowest BCUT2D eigenvalue weighted by Crippen LogP contribution is -2.45. The van der Waals surface area contributed by atoms with Crippen molar-refractivity contribution in [3.63, 3.8) is 0 Å². The van der Waals surface area contributed by atoms with Gasteiger partial charge in [-0.25, -0.2) is 0 Å². The van der Waals surface area contributed by atoms with Gasteiger partial charge in [0.2, 0.25) is 0 Å². The quantitative estimate of drug-likeness (QED) is 0.874. The lowest BCUT2D eigenvalue weighted by molar-refractivity contribution is 0.0754. The molecule has 0 aliphatic carbocycles. The molecule has 14 heavy (non-hydrogen) atoms. The predicted octanol–water partition coefficient (Wildman–Crippen LogP) is 1.86. The molecule has 3 nitrogen and oxygen atoms in total. The van der Waals surface area contributed by atoms with Crippen LogP contribution >= 0.6 is 31.9 Å². The minimum absolute atomic E-state index is 0.310. The topological polar surface area (TPSA) is 45.2 Å². The van der Waals surface area contributed by atoms with E-state index in [1.165, 1.54) is 0 Å². The van der Waals surface area contributed by atoms with E-state index in [0.29, 0.717) is 5.92 Å². The SMILES string of the molecule is OC(c1c(Br)cncc1Br)C1CNC1. The molecule has 0 radical (unpaired) electrons. The number of aromatic nitrogens is 1. The van der Waals surface area contributed by atoms with Crippen LogP contribution in [0.15, 0.2) is 21.3 Å². The van der Waals surface area contributed by atoms with Crippen LogP contribution in [-0.4, -0.2) is 23.2 Å². The summed E-state index contributed by atoms with van der Waals surface area (Å²) in [6.07, 6.45) is 2.98. The predicted molar refractivity (Wildman–Crippen MR) is 61.0 cm³/mol. The molecule has 2 N–H and O–H groups in total. The highest BCUT2D eigenvalue weighted by molar-refractivity contribution is 9.11. The van der Waals surface area contributed by atoms with Crippen LogP contribution < -0.4 is 5.32 Å². The van der Waals surface area contributed by atoms with Gasteiger partial charge in [0.25, 0.3) is 0 Å². The molecule has 0 saturated carbocycles. The third kappa shape index (κ3) is 1.86. The van der Waals surface area contributed by atoms with Crippen LogP contribution in [-0.2, 0) is 0 Å². The normalized spacial score (nSPS) is 19.1. The molecule has 76 valence electrons. The Bertz CT molecular complexity index is 321. The third-order valence-electron chi connectivity index (χ3n) is 2.45. The van der Waals surface area contributed by atoms with Crippen molar-refractivity contribution in [1.82, 2.24) is 10.3 Å². The van der Waals surface area contributed by atoms with Gasteiger partial charge >= 0.3 is 0 Å². The first kappa shape index (κ1) is 10.5. The summed E-state index contributed by atoms with van der Waals surface area (Å²) in [4.78, 5) is 4.01. The van der Waals surface area contributed by atoms with Gasteiger partial charge in [-0.1, -0.05) is 0 Å². The van der Waals surface area contributed by atoms with Crippen molar-refractivity contribution in [2.24, 2.45) is 5.92 Å². The zero-order valence-electron chi connectivity index (χ0n) is 7.37. The second-order valence-corrected chi connectivity index (χ2v) is 5.09. The third-order valence-corrected chi connectivity index (χ3v) is 3.71. The fourth-order valence-electron chi connectivity index (χ4n) is 1.47. The summed E-state index contributed by atoms with van der Waals surface area (Å²) >= 11 is 6.79. The van der Waals surface area contributed by atoms with Crippen molar-refractivity contribution in [3.8, 4) is 0 Å². The largest absolute Gasteiger partial charge is 0.388 e. The number of nitrogens with one attached hydrogen (secondary N) is 1. The number of hydrogen-bond donors (Lipinski definition) is 2. The van der Waals surface area contributed by atoms with E-state index >= 15 is 0 Å². The van der Waals surface area contributed by atoms with Crippen molar-refractivity contribution >= 4 is 31.9 Å². The molecule has 1 saturated heterocycles. The molecule has 0 bridgehead atoms. The van der Waals surface area contributed by atoms with E-state index in [-0.39, 0.29) is 0 Å². The molecule has 1 aromatic heterocycles. The summed E-state index contributed by atoms with van der Waals surface area (Å²) in [5.41, 5.74) is 0.895. The molecule has 0 spiro atoms. The van der Waals surface area contributed by atoms with E-state index in [4.69, 9.17) is 0 Å². The maximum absolute atomic E-state index is 10.1. The molecule has 1 fully saturated rings. The van der Waals surface area contributed by atoms with Gasteiger partial charge in [0.1, 0.15) is 0 Å². The lowest BCUT2D eigenvalue weighted by Gasteiger charge is -2.32. The molecular formula is C9H10Br2N2O. The van der Waals surface area contributed by atoms with E-state index in [9.17, 15) is 5.11 Å². The smallest absolute Gasteiger partial charge is 0.0865 e. The summed E-state index contributed by atoms with van der Waals surface area (Å²) in [6, 6.07) is 0. The summed E-state index contributed by atoms with van der Waals surface area (Å²) in [7, 11) is 0. The van der Waals surface area contributed by atoms with Gasteiger partial charge in [0.05, 0.1) is 6.10 Å². The van der Waals surface area contributed by atoms with Gasteiger partial charge in [-0.2, -0.15) is 0 Å². The molecule has 5 heteroatoms. The number of aliphatic hydroxyl groups is 1. The first-order valence-electron chi connectivity index (χ1n) is 4.38. The number of aliphatic hydroxyl groups excluding tert-OH is 1. The molecule has 1 aromatic rings. The number of nitrogens with zero attached hydrogens (tertiary/aromatic N) is 1. The Morgan fingerprint density at radius 2 is 1.93 bits per heavy atom. The monoisotopic (exact) mass is 320 g/mol. The summed E-state index contributed by atoms with van der Waals surface area (Å²) in [5.74, 6) is 0.310. The second-order valence-electron chi connectivity index (χ2n) is 3.38. The first-order valence-corrected chi connectivity index (χ1v) is 5.96. The van der Waals surface area contributed by atoms with Crippen molar-refractivity contribution in [1.29, 1.82) is 0 Å². The maximum atomic E-state index is 10.1. The minimum atomic E-state index is -0.428. The Balaban J connectivity index is 2.29. The van der Waals surface area contributed by atoms with Gasteiger partial charge in [0.15, 0.2) is 0 Å². The van der Waals surface area contributed by atoms with Gasteiger partial charge in [-0.05, 0) is 31.9 Å². The zero-order chi connectivity index (χ0) is 10.1. The van der Waals surface area contributed by atoms with Crippen molar-refractivity contribution in [2.75, 3.05) is 13.1 Å². The van der Waals surface area contributed by atoms with E-state index in [2.05, 4.69) is 42.2 Å². The van der Waals surface area contributed by atoms with Crippen LogP contribution in [0.2, 0.25) is 0 Å². The summed E-state index contributed by atoms with van der Waals surface area (Å²) in [5, 5.41) is 13.2. The molecule has 1 aliphatic heterocycles. The van der Waals surface area contributed by atoms with Crippen LogP contribution in [0.3, 0.4) is 0 Å². The summed E-state index contributed by atoms with van der Waals surface area (Å²) in [6.45, 7) is 1.75. The molecule has 0 aromatic carbocycles. The van der Waals surface area contributed by atoms with Crippen molar-refractivity contribution < 1.29 is 5.11 Å². The average Bonchev–Trinajstić information content (AvgIpc) is 2.00. The van der Waals surface area contributed by atoms with Gasteiger partial charge in [-0.15, -0.1) is 0 Å². The molecule has 2 heterocycles. The Morgan fingerprint density at radius 3 is 2.36 bits per heavy atom. The number of halogens is 2. The Morgan fingerprint density at radius 1 is 1.36 bits per heavy atom. The molecule has 1 aliphatic rings. The van der Waals surface area contributed by atoms with Crippen LogP contribution in [0.25, 0.3) is 0 Å². The fraction of sp³-hybridized carbons (Fsp3) is 0.444. The Labute approximate surface area is 99.2 Å². The number of rotatable bonds is 2. The molecule has 0 amide bonds. The maximum Gasteiger partial charge on any atom is 0.0865 e. The Kier molecular flexibility index (Phi) is 3.21. The van der Waals surface area contributed by atoms with Crippen molar-refractivity contribution in [2.45, 2.75) is 6.10 Å². The van der Waals surface area contributed by atoms with E-state index in [1.54, 1.807) is 12.4 Å². The van der Waals surface area contributed by atoms with E-state index in [1.807, 2.05) is 0 Å². The molecule has 1 atom stereocenters. The van der Waals surface area contributed by atoms with Crippen LogP contribution in [0.1, 0.15) is 11.7 Å². The van der Waals surface area contributed by atoms with Crippen LogP contribution in [0.5, 0.6) is 0 Å². The highest BCUT2D eigenvalue weighted by Crippen LogP contribution is 2.34. The highest BCUT2D eigenvalue weighted by atomic mass is 79.9. The van der Waals surface area contributed by atoms with Crippen LogP contribution in [0.4, 0.5) is 0 Å². The second kappa shape index (κ2) is 4.26. The van der Waals surface area contributed by atoms with Gasteiger partial charge in [-0.3, -0.25) is 4.98 Å². The highest BCUT2D eigenvalue weighted by Gasteiger charge is 2.29. The molecular weight excluding hydrogens is 312 g/mol. The van der Waals surface area contributed by atoms with Crippen LogP contribution in [0, 0.1) is 5.92 Å². The average molecular weight is 322 g/mol. The van der Waals surface area contributed by atoms with E-state index < -0.39 is 6.10 Å². The minimum Gasteiger partial charge on any atom is -0.388 e.